The Bertz CT molecular complexity index is 877. The maximum atomic E-state index is 13.5. The molecule has 1 aliphatic rings. The molecule has 9 heteroatoms. The number of ether oxygens (including phenoxy) is 1. The number of rotatable bonds is 12. The van der Waals surface area contributed by atoms with Crippen molar-refractivity contribution in [2.75, 3.05) is 6.54 Å². The van der Waals surface area contributed by atoms with E-state index in [1.54, 1.807) is 0 Å². The molecular formula is C26H38ClN3O5. The van der Waals surface area contributed by atoms with Crippen molar-refractivity contribution in [3.05, 3.63) is 35.9 Å². The number of carbonyl (C=O) groups is 4. The highest BCUT2D eigenvalue weighted by Crippen LogP contribution is 2.22. The molecule has 0 aliphatic carbocycles. The van der Waals surface area contributed by atoms with E-state index in [0.717, 1.165) is 5.56 Å². The van der Waals surface area contributed by atoms with Gasteiger partial charge in [-0.15, -0.1) is 0 Å². The number of hydrogen-bond donors (Lipinski definition) is 2. The van der Waals surface area contributed by atoms with E-state index >= 15 is 0 Å². The van der Waals surface area contributed by atoms with Crippen LogP contribution < -0.4 is 10.2 Å². The molecule has 35 heavy (non-hydrogen) atoms. The summed E-state index contributed by atoms with van der Waals surface area (Å²) in [4.78, 5) is 55.9. The highest BCUT2D eigenvalue weighted by Gasteiger charge is 2.40. The zero-order valence-electron chi connectivity index (χ0n) is 21.3. The van der Waals surface area contributed by atoms with Crippen molar-refractivity contribution < 1.29 is 23.9 Å². The summed E-state index contributed by atoms with van der Waals surface area (Å²) in [6, 6.07) is 7.13. The van der Waals surface area contributed by atoms with Gasteiger partial charge in [0.25, 0.3) is 0 Å². The molecule has 2 rings (SSSR count). The molecule has 8 nitrogen and oxygen atoms in total. The quantitative estimate of drug-likeness (QED) is 0.256. The Balaban J connectivity index is 2.09. The molecule has 4 atom stereocenters. The van der Waals surface area contributed by atoms with Crippen LogP contribution in [0.3, 0.4) is 0 Å². The maximum Gasteiger partial charge on any atom is 0.329 e. The zero-order chi connectivity index (χ0) is 26.1. The van der Waals surface area contributed by atoms with Crippen LogP contribution in [0.15, 0.2) is 30.3 Å². The smallest absolute Gasteiger partial charge is 0.329 e. The van der Waals surface area contributed by atoms with Crippen molar-refractivity contribution in [1.29, 1.82) is 0 Å². The van der Waals surface area contributed by atoms with Crippen LogP contribution in [-0.4, -0.2) is 53.1 Å². The number of nitrogens with one attached hydrogen (secondary N) is 2. The lowest BCUT2D eigenvalue weighted by molar-refractivity contribution is -0.155. The summed E-state index contributed by atoms with van der Waals surface area (Å²) in [6.07, 6.45) is 1.56. The second-order valence-electron chi connectivity index (χ2n) is 9.93. The number of benzene rings is 1. The average molecular weight is 508 g/mol. The summed E-state index contributed by atoms with van der Waals surface area (Å²) in [5.41, 5.74) is 0.867. The average Bonchev–Trinajstić information content (AvgIpc) is 3.31. The van der Waals surface area contributed by atoms with Gasteiger partial charge in [0.05, 0.1) is 12.0 Å². The van der Waals surface area contributed by atoms with Crippen LogP contribution in [0.4, 0.5) is 0 Å². The predicted molar refractivity (Wildman–Crippen MR) is 134 cm³/mol. The minimum atomic E-state index is -0.985. The maximum absolute atomic E-state index is 13.5. The standard InChI is InChI=1S/C26H38ClN3O5/c1-16(2)14-20(28-24(32)18(5)23(31)22(29-27)17(3)4)25(33)30-13-9-12-21(30)26(34)35-15-19-10-7-6-8-11-19/h6-8,10-11,16-18,20-22,29H,9,12-15H2,1-5H3,(H,28,32)/t18?,20-,21-,22-/m0/s1. The van der Waals surface area contributed by atoms with E-state index in [1.807, 2.05) is 58.0 Å². The van der Waals surface area contributed by atoms with Crippen LogP contribution in [0, 0.1) is 17.8 Å². The molecule has 0 spiro atoms. The lowest BCUT2D eigenvalue weighted by atomic mass is 9.91. The van der Waals surface area contributed by atoms with E-state index in [9.17, 15) is 19.2 Å². The highest BCUT2D eigenvalue weighted by molar-refractivity contribution is 6.16. The van der Waals surface area contributed by atoms with Gasteiger partial charge in [0.1, 0.15) is 18.7 Å². The molecule has 1 fully saturated rings. The fourth-order valence-corrected chi connectivity index (χ4v) is 4.56. The molecule has 1 heterocycles. The number of hydrogen-bond acceptors (Lipinski definition) is 6. The Labute approximate surface area is 213 Å². The van der Waals surface area contributed by atoms with Gasteiger partial charge in [-0.1, -0.05) is 58.0 Å². The number of carbonyl (C=O) groups excluding carboxylic acids is 4. The van der Waals surface area contributed by atoms with Gasteiger partial charge in [-0.2, -0.15) is 0 Å². The summed E-state index contributed by atoms with van der Waals surface area (Å²) in [6.45, 7) is 9.61. The molecule has 0 saturated carbocycles. The molecule has 1 aromatic rings. The van der Waals surface area contributed by atoms with Crippen molar-refractivity contribution in [3.63, 3.8) is 0 Å². The van der Waals surface area contributed by atoms with Gasteiger partial charge in [-0.3, -0.25) is 14.4 Å². The summed E-state index contributed by atoms with van der Waals surface area (Å²) < 4.78 is 5.48. The second kappa shape index (κ2) is 13.6. The van der Waals surface area contributed by atoms with Gasteiger partial charge < -0.3 is 15.0 Å². The normalized spacial score (nSPS) is 18.3. The highest BCUT2D eigenvalue weighted by atomic mass is 35.5. The summed E-state index contributed by atoms with van der Waals surface area (Å²) in [5.74, 6) is -2.64. The van der Waals surface area contributed by atoms with E-state index < -0.39 is 35.9 Å². The van der Waals surface area contributed by atoms with Crippen molar-refractivity contribution in [3.8, 4) is 0 Å². The Kier molecular flexibility index (Phi) is 11.2. The molecule has 194 valence electrons. The number of halogens is 1. The van der Waals surface area contributed by atoms with Crippen molar-refractivity contribution >= 4 is 35.3 Å². The van der Waals surface area contributed by atoms with E-state index in [-0.39, 0.29) is 30.1 Å². The molecule has 2 amide bonds. The lowest BCUT2D eigenvalue weighted by Crippen LogP contribution is -2.54. The number of amides is 2. The molecule has 1 aliphatic heterocycles. The molecule has 0 bridgehead atoms. The van der Waals surface area contributed by atoms with Crippen molar-refractivity contribution in [2.24, 2.45) is 17.8 Å². The number of ketones is 1. The topological polar surface area (TPSA) is 105 Å². The van der Waals surface area contributed by atoms with E-state index in [0.29, 0.717) is 25.8 Å². The Hall–Kier alpha value is -2.45. The van der Waals surface area contributed by atoms with Gasteiger partial charge in [-0.05, 0) is 55.4 Å². The first-order valence-electron chi connectivity index (χ1n) is 12.3. The lowest BCUT2D eigenvalue weighted by Gasteiger charge is -2.30. The molecule has 1 unspecified atom stereocenters. The first-order chi connectivity index (χ1) is 16.6. The van der Waals surface area contributed by atoms with Gasteiger partial charge >= 0.3 is 5.97 Å². The zero-order valence-corrected chi connectivity index (χ0v) is 22.0. The van der Waals surface area contributed by atoms with E-state index in [2.05, 4.69) is 10.2 Å². The van der Waals surface area contributed by atoms with Crippen LogP contribution in [-0.2, 0) is 30.5 Å². The number of Topliss-reactive ketones (excluding diaryl/α,β-unsaturated/α-hetero) is 1. The van der Waals surface area contributed by atoms with Crippen LogP contribution in [0.5, 0.6) is 0 Å². The first-order valence-corrected chi connectivity index (χ1v) is 12.7. The van der Waals surface area contributed by atoms with Gasteiger partial charge in [0.15, 0.2) is 5.78 Å². The van der Waals surface area contributed by atoms with Crippen LogP contribution in [0.1, 0.15) is 59.4 Å². The Morgan fingerprint density at radius 3 is 2.31 bits per heavy atom. The van der Waals surface area contributed by atoms with E-state index in [1.165, 1.54) is 11.8 Å². The largest absolute Gasteiger partial charge is 0.459 e. The third-order valence-corrected chi connectivity index (χ3v) is 6.50. The van der Waals surface area contributed by atoms with Gasteiger partial charge in [0.2, 0.25) is 11.8 Å². The SMILES string of the molecule is CC(C)C[C@H](NC(=O)C(C)C(=O)[C@@H](NCl)C(C)C)C(=O)N1CCC[C@H]1C(=O)OCc1ccccc1. The Morgan fingerprint density at radius 2 is 1.74 bits per heavy atom. The van der Waals surface area contributed by atoms with Crippen LogP contribution in [0.25, 0.3) is 0 Å². The van der Waals surface area contributed by atoms with Crippen LogP contribution >= 0.6 is 11.8 Å². The number of likely N-dealkylation sites (tertiary alicyclic amines) is 1. The first kappa shape index (κ1) is 28.8. The molecule has 0 aromatic heterocycles. The molecule has 1 saturated heterocycles. The van der Waals surface area contributed by atoms with Gasteiger partial charge in [-0.25, -0.2) is 9.63 Å². The monoisotopic (exact) mass is 507 g/mol. The van der Waals surface area contributed by atoms with Gasteiger partial charge in [0, 0.05) is 6.54 Å². The summed E-state index contributed by atoms with van der Waals surface area (Å²) in [5, 5.41) is 2.77. The third-order valence-electron chi connectivity index (χ3n) is 6.26. The molecule has 2 N–H and O–H groups in total. The Morgan fingerprint density at radius 1 is 1.09 bits per heavy atom. The number of esters is 1. The fourth-order valence-electron chi connectivity index (χ4n) is 4.20. The van der Waals surface area contributed by atoms with E-state index in [4.69, 9.17) is 16.5 Å². The summed E-state index contributed by atoms with van der Waals surface area (Å²) >= 11 is 5.72. The van der Waals surface area contributed by atoms with Crippen molar-refractivity contribution in [2.45, 2.75) is 78.6 Å². The second-order valence-corrected chi connectivity index (χ2v) is 10.1. The molecule has 0 radical (unpaired) electrons. The molecule has 1 aromatic carbocycles. The van der Waals surface area contributed by atoms with Crippen LogP contribution in [0.2, 0.25) is 0 Å². The molecular weight excluding hydrogens is 470 g/mol. The van der Waals surface area contributed by atoms with Crippen molar-refractivity contribution in [1.82, 2.24) is 15.1 Å². The minimum Gasteiger partial charge on any atom is -0.459 e. The minimum absolute atomic E-state index is 0.101. The fraction of sp³-hybridized carbons (Fsp3) is 0.615. The number of nitrogens with zero attached hydrogens (tertiary/aromatic N) is 1. The predicted octanol–water partition coefficient (Wildman–Crippen LogP) is 3.22. The summed E-state index contributed by atoms with van der Waals surface area (Å²) in [7, 11) is 0. The third kappa shape index (κ3) is 8.04.